The minimum atomic E-state index is -3.01. The Morgan fingerprint density at radius 1 is 1.33 bits per heavy atom. The van der Waals surface area contributed by atoms with Crippen LogP contribution in [-0.4, -0.2) is 61.4 Å². The van der Waals surface area contributed by atoms with Gasteiger partial charge in [0.25, 0.3) is 5.91 Å². The number of rotatable bonds is 4. The van der Waals surface area contributed by atoms with Crippen LogP contribution >= 0.6 is 0 Å². The average molecular weight is 351 g/mol. The second-order valence-electron chi connectivity index (χ2n) is 6.60. The minimum Gasteiger partial charge on any atom is -0.357 e. The number of carbonyl (C=O) groups excluding carboxylic acids is 1. The SMILES string of the molecule is CCN(C(=O)c1ccnc(N2CCCCC2)c1)C1CCS(=O)(=O)C1. The van der Waals surface area contributed by atoms with Crippen LogP contribution in [0.3, 0.4) is 0 Å². The minimum absolute atomic E-state index is 0.0800. The van der Waals surface area contributed by atoms with Crippen LogP contribution in [0.15, 0.2) is 18.3 Å². The number of nitrogens with zero attached hydrogens (tertiary/aromatic N) is 3. The Balaban J connectivity index is 1.78. The number of anilines is 1. The zero-order chi connectivity index (χ0) is 17.2. The highest BCUT2D eigenvalue weighted by molar-refractivity contribution is 7.91. The van der Waals surface area contributed by atoms with E-state index >= 15 is 0 Å². The van der Waals surface area contributed by atoms with Gasteiger partial charge in [-0.25, -0.2) is 13.4 Å². The number of piperidine rings is 1. The van der Waals surface area contributed by atoms with Gasteiger partial charge in [0.1, 0.15) is 5.82 Å². The van der Waals surface area contributed by atoms with Gasteiger partial charge < -0.3 is 9.80 Å². The summed E-state index contributed by atoms with van der Waals surface area (Å²) in [5, 5.41) is 0. The van der Waals surface area contributed by atoms with Gasteiger partial charge in [0.15, 0.2) is 9.84 Å². The van der Waals surface area contributed by atoms with Crippen molar-refractivity contribution in [2.45, 2.75) is 38.6 Å². The first kappa shape index (κ1) is 17.2. The van der Waals surface area contributed by atoms with Crippen molar-refractivity contribution in [3.05, 3.63) is 23.9 Å². The molecule has 0 spiro atoms. The largest absolute Gasteiger partial charge is 0.357 e. The fourth-order valence-corrected chi connectivity index (χ4v) is 5.33. The molecule has 1 unspecified atom stereocenters. The summed E-state index contributed by atoms with van der Waals surface area (Å²) in [6.45, 7) is 4.36. The first-order chi connectivity index (χ1) is 11.5. The highest BCUT2D eigenvalue weighted by Gasteiger charge is 2.34. The smallest absolute Gasteiger partial charge is 0.254 e. The molecule has 1 aromatic rings. The first-order valence-electron chi connectivity index (χ1n) is 8.72. The maximum Gasteiger partial charge on any atom is 0.254 e. The lowest BCUT2D eigenvalue weighted by atomic mass is 10.1. The van der Waals surface area contributed by atoms with Crippen molar-refractivity contribution >= 4 is 21.6 Å². The van der Waals surface area contributed by atoms with Crippen LogP contribution in [0.1, 0.15) is 43.0 Å². The molecule has 24 heavy (non-hydrogen) atoms. The van der Waals surface area contributed by atoms with Crippen molar-refractivity contribution in [1.29, 1.82) is 0 Å². The van der Waals surface area contributed by atoms with Crippen LogP contribution < -0.4 is 4.90 Å². The average Bonchev–Trinajstić information content (AvgIpc) is 2.96. The monoisotopic (exact) mass is 351 g/mol. The van der Waals surface area contributed by atoms with E-state index in [2.05, 4.69) is 9.88 Å². The quantitative estimate of drug-likeness (QED) is 0.826. The maximum atomic E-state index is 12.9. The molecule has 2 saturated heterocycles. The van der Waals surface area contributed by atoms with Crippen LogP contribution in [0.5, 0.6) is 0 Å². The highest BCUT2D eigenvalue weighted by atomic mass is 32.2. The lowest BCUT2D eigenvalue weighted by Gasteiger charge is -2.29. The summed E-state index contributed by atoms with van der Waals surface area (Å²) < 4.78 is 23.5. The number of aromatic nitrogens is 1. The molecule has 132 valence electrons. The fraction of sp³-hybridized carbons (Fsp3) is 0.647. The molecule has 3 rings (SSSR count). The van der Waals surface area contributed by atoms with Crippen LogP contribution in [0, 0.1) is 0 Å². The number of pyridine rings is 1. The summed E-state index contributed by atoms with van der Waals surface area (Å²) in [4.78, 5) is 21.2. The van der Waals surface area contributed by atoms with Crippen molar-refractivity contribution in [2.24, 2.45) is 0 Å². The van der Waals surface area contributed by atoms with Gasteiger partial charge in [-0.3, -0.25) is 4.79 Å². The van der Waals surface area contributed by atoms with Crippen LogP contribution in [0.25, 0.3) is 0 Å². The number of amides is 1. The van der Waals surface area contributed by atoms with Crippen LogP contribution in [0.4, 0.5) is 5.82 Å². The molecule has 0 N–H and O–H groups in total. The van der Waals surface area contributed by atoms with Gasteiger partial charge in [0.05, 0.1) is 11.5 Å². The van der Waals surface area contributed by atoms with E-state index in [0.717, 1.165) is 31.7 Å². The summed E-state index contributed by atoms with van der Waals surface area (Å²) >= 11 is 0. The van der Waals surface area contributed by atoms with Gasteiger partial charge in [0.2, 0.25) is 0 Å². The third-order valence-corrected chi connectivity index (χ3v) is 6.67. The van der Waals surface area contributed by atoms with Gasteiger partial charge in [-0.2, -0.15) is 0 Å². The Morgan fingerprint density at radius 2 is 2.08 bits per heavy atom. The van der Waals surface area contributed by atoms with Crippen molar-refractivity contribution in [1.82, 2.24) is 9.88 Å². The summed E-state index contributed by atoms with van der Waals surface area (Å²) in [7, 11) is -3.01. The Bertz CT molecular complexity index is 699. The molecule has 6 nitrogen and oxygen atoms in total. The summed E-state index contributed by atoms with van der Waals surface area (Å²) in [6.07, 6.45) is 5.76. The van der Waals surface area contributed by atoms with Crippen LogP contribution in [0.2, 0.25) is 0 Å². The number of hydrogen-bond donors (Lipinski definition) is 0. The van der Waals surface area contributed by atoms with Crippen molar-refractivity contribution in [3.8, 4) is 0 Å². The Hall–Kier alpha value is -1.63. The van der Waals surface area contributed by atoms with Gasteiger partial charge in [-0.1, -0.05) is 0 Å². The highest BCUT2D eigenvalue weighted by Crippen LogP contribution is 2.22. The molecule has 0 radical (unpaired) electrons. The zero-order valence-electron chi connectivity index (χ0n) is 14.1. The molecular formula is C17H25N3O3S. The van der Waals surface area contributed by atoms with Gasteiger partial charge in [-0.05, 0) is 44.7 Å². The fourth-order valence-electron chi connectivity index (χ4n) is 3.60. The molecular weight excluding hydrogens is 326 g/mol. The number of sulfone groups is 1. The second-order valence-corrected chi connectivity index (χ2v) is 8.83. The van der Waals surface area contributed by atoms with Crippen LogP contribution in [-0.2, 0) is 9.84 Å². The molecule has 3 heterocycles. The summed E-state index contributed by atoms with van der Waals surface area (Å²) in [5.74, 6) is 1.00. The van der Waals surface area contributed by atoms with E-state index < -0.39 is 9.84 Å². The van der Waals surface area contributed by atoms with Gasteiger partial charge >= 0.3 is 0 Å². The Labute approximate surface area is 143 Å². The number of hydrogen-bond acceptors (Lipinski definition) is 5. The molecule has 0 aromatic carbocycles. The second kappa shape index (κ2) is 7.09. The molecule has 1 amide bonds. The third-order valence-electron chi connectivity index (χ3n) is 4.92. The van der Waals surface area contributed by atoms with Crippen molar-refractivity contribution in [3.63, 3.8) is 0 Å². The predicted molar refractivity (Wildman–Crippen MR) is 94.1 cm³/mol. The topological polar surface area (TPSA) is 70.6 Å². The third kappa shape index (κ3) is 3.71. The Morgan fingerprint density at radius 3 is 2.71 bits per heavy atom. The van der Waals surface area contributed by atoms with E-state index in [-0.39, 0.29) is 23.5 Å². The lowest BCUT2D eigenvalue weighted by Crippen LogP contribution is -2.41. The molecule has 0 bridgehead atoms. The van der Waals surface area contributed by atoms with E-state index in [1.54, 1.807) is 17.2 Å². The van der Waals surface area contributed by atoms with Crippen molar-refractivity contribution in [2.75, 3.05) is 36.0 Å². The molecule has 0 saturated carbocycles. The van der Waals surface area contributed by atoms with Gasteiger partial charge in [-0.15, -0.1) is 0 Å². The summed E-state index contributed by atoms with van der Waals surface area (Å²) in [5.41, 5.74) is 0.594. The Kier molecular flexibility index (Phi) is 5.08. The molecule has 2 aliphatic rings. The zero-order valence-corrected chi connectivity index (χ0v) is 15.0. The molecule has 2 fully saturated rings. The molecule has 7 heteroatoms. The standard InChI is InChI=1S/C17H25N3O3S/c1-2-20(15-7-11-24(22,23)13-15)17(21)14-6-8-18-16(12-14)19-9-4-3-5-10-19/h6,8,12,15H,2-5,7,9-11,13H2,1H3. The van der Waals surface area contributed by atoms with E-state index in [0.29, 0.717) is 18.5 Å². The molecule has 0 aliphatic carbocycles. The first-order valence-corrected chi connectivity index (χ1v) is 10.5. The van der Waals surface area contributed by atoms with E-state index in [4.69, 9.17) is 0 Å². The van der Waals surface area contributed by atoms with E-state index in [1.807, 2.05) is 13.0 Å². The lowest BCUT2D eigenvalue weighted by molar-refractivity contribution is 0.0708. The predicted octanol–water partition coefficient (Wildman–Crippen LogP) is 1.72. The van der Waals surface area contributed by atoms with E-state index in [9.17, 15) is 13.2 Å². The van der Waals surface area contributed by atoms with Gasteiger partial charge in [0, 0.05) is 37.4 Å². The molecule has 2 aliphatic heterocycles. The van der Waals surface area contributed by atoms with E-state index in [1.165, 1.54) is 6.42 Å². The maximum absolute atomic E-state index is 12.9. The summed E-state index contributed by atoms with van der Waals surface area (Å²) in [6, 6.07) is 3.36. The molecule has 1 aromatic heterocycles. The number of carbonyl (C=O) groups is 1. The van der Waals surface area contributed by atoms with Crippen molar-refractivity contribution < 1.29 is 13.2 Å². The normalized spacial score (nSPS) is 23.2. The molecule has 1 atom stereocenters.